The molecule has 1 aromatic carbocycles. The molecule has 23 heteroatoms. The minimum Gasteiger partial charge on any atom is -0.493 e. The number of carbonyl (C=O) groups is 4. The van der Waals surface area contributed by atoms with Crippen LogP contribution in [0.1, 0.15) is 79.1 Å². The van der Waals surface area contributed by atoms with Crippen LogP contribution in [0.25, 0.3) is 0 Å². The number of carboxylic acid groups (broad SMARTS) is 1. The standard InChI is InChI=1S/C42H59N5O18/c1-19-29(50)31(52)32(53)40(60-19)65-33-23(45-37(55)24-17-28(49)47-42(59)46-24)15-22(36(54)44-13-12-43)16-25(33)62-41-35(64-39(58)21-10-6-3-7-11-21)34(30(51)27(18-48)63-41)61-26(38(56)57)14-20-8-4-2-5-9-20/h3,6-7,10-11,17,19-20,22-23,25-27,29-35,40-41,48,50-53H,2,4-5,8-9,12-16,18,43H2,1H3,(H,44,54)(H,45,55)(H,56,57)(H2,46,47,49,59)/t19?,22?,23?,25?,26-,27?,29?,30?,31?,32?,33?,34?,35?,40?,41?/m0/s1. The maximum absolute atomic E-state index is 13.8. The molecule has 3 heterocycles. The number of aliphatic hydroxyl groups excluding tert-OH is 5. The normalized spacial score (nSPS) is 33.6. The number of ether oxygens (including phenoxy) is 6. The highest BCUT2D eigenvalue weighted by Crippen LogP contribution is 2.38. The molecule has 0 spiro atoms. The summed E-state index contributed by atoms with van der Waals surface area (Å²) < 4.78 is 37.0. The molecule has 23 nitrogen and oxygen atoms in total. The van der Waals surface area contributed by atoms with Gasteiger partial charge in [-0.15, -0.1) is 0 Å². The summed E-state index contributed by atoms with van der Waals surface area (Å²) in [7, 11) is 0. The molecule has 2 saturated carbocycles. The van der Waals surface area contributed by atoms with E-state index in [9.17, 15) is 60.0 Å². The van der Waals surface area contributed by atoms with Gasteiger partial charge in [0.2, 0.25) is 11.8 Å². The summed E-state index contributed by atoms with van der Waals surface area (Å²) in [5.41, 5.74) is 5.19. The Morgan fingerprint density at radius 2 is 1.60 bits per heavy atom. The monoisotopic (exact) mass is 921 g/mol. The zero-order chi connectivity index (χ0) is 46.9. The number of aliphatic carboxylic acids is 1. The average molecular weight is 922 g/mol. The molecule has 4 fully saturated rings. The van der Waals surface area contributed by atoms with Crippen molar-refractivity contribution in [2.45, 2.75) is 144 Å². The quantitative estimate of drug-likeness (QED) is 0.0778. The Labute approximate surface area is 373 Å². The molecule has 65 heavy (non-hydrogen) atoms. The molecule has 360 valence electrons. The van der Waals surface area contributed by atoms with Crippen LogP contribution in [0.2, 0.25) is 0 Å². The maximum atomic E-state index is 13.8. The van der Waals surface area contributed by atoms with Gasteiger partial charge < -0.3 is 85.6 Å². The summed E-state index contributed by atoms with van der Waals surface area (Å²) in [6.45, 7) is 0.633. The van der Waals surface area contributed by atoms with E-state index in [0.29, 0.717) is 0 Å². The van der Waals surface area contributed by atoms with E-state index in [1.165, 1.54) is 19.1 Å². The molecule has 2 aliphatic heterocycles. The van der Waals surface area contributed by atoms with Gasteiger partial charge in [-0.1, -0.05) is 50.3 Å². The molecular weight excluding hydrogens is 862 g/mol. The summed E-state index contributed by atoms with van der Waals surface area (Å²) in [6, 6.07) is 6.23. The number of esters is 1. The van der Waals surface area contributed by atoms with E-state index < -0.39 is 140 Å². The van der Waals surface area contributed by atoms with Gasteiger partial charge in [0.05, 0.1) is 30.4 Å². The molecule has 0 radical (unpaired) electrons. The van der Waals surface area contributed by atoms with Crippen LogP contribution >= 0.6 is 0 Å². The molecule has 15 atom stereocenters. The molecule has 12 N–H and O–H groups in total. The summed E-state index contributed by atoms with van der Waals surface area (Å²) in [6.07, 6.45) is -17.5. The molecule has 0 bridgehead atoms. The van der Waals surface area contributed by atoms with Crippen LogP contribution in [0.15, 0.2) is 36.4 Å². The lowest BCUT2D eigenvalue weighted by Gasteiger charge is -2.48. The number of hydrogen-bond acceptors (Lipinski definition) is 20. The van der Waals surface area contributed by atoms with Gasteiger partial charge >= 0.3 is 17.9 Å². The van der Waals surface area contributed by atoms with E-state index >= 15 is 0 Å². The first-order chi connectivity index (χ1) is 31.1. The van der Waals surface area contributed by atoms with Crippen molar-refractivity contribution in [2.24, 2.45) is 17.6 Å². The van der Waals surface area contributed by atoms with Crippen LogP contribution in [0.4, 0.5) is 0 Å². The largest absolute Gasteiger partial charge is 0.493 e. The fourth-order valence-corrected chi connectivity index (χ4v) is 8.78. The average Bonchev–Trinajstić information content (AvgIpc) is 3.29. The van der Waals surface area contributed by atoms with Crippen molar-refractivity contribution in [1.29, 1.82) is 0 Å². The second-order valence-electron chi connectivity index (χ2n) is 16.8. The number of nitrogens with two attached hydrogens (primary N) is 1. The smallest absolute Gasteiger partial charge is 0.338 e. The zero-order valence-electron chi connectivity index (χ0n) is 35.6. The van der Waals surface area contributed by atoms with Crippen LogP contribution in [0, 0.1) is 11.8 Å². The first-order valence-electron chi connectivity index (χ1n) is 21.7. The highest BCUT2D eigenvalue weighted by molar-refractivity contribution is 5.93. The summed E-state index contributed by atoms with van der Waals surface area (Å²) in [5, 5.41) is 90.2. The van der Waals surface area contributed by atoms with Crippen molar-refractivity contribution in [1.82, 2.24) is 20.6 Å². The fourth-order valence-electron chi connectivity index (χ4n) is 8.78. The van der Waals surface area contributed by atoms with Crippen molar-refractivity contribution in [3.8, 4) is 11.9 Å². The minimum atomic E-state index is -1.89. The van der Waals surface area contributed by atoms with Crippen LogP contribution in [0.5, 0.6) is 11.9 Å². The first kappa shape index (κ1) is 49.8. The van der Waals surface area contributed by atoms with Gasteiger partial charge in [-0.2, -0.15) is 9.97 Å². The minimum absolute atomic E-state index is 0.0301. The molecule has 2 amide bonds. The number of amides is 2. The lowest BCUT2D eigenvalue weighted by Crippen LogP contribution is -2.65. The van der Waals surface area contributed by atoms with Crippen molar-refractivity contribution < 1.29 is 88.5 Å². The van der Waals surface area contributed by atoms with E-state index in [0.717, 1.165) is 38.2 Å². The maximum Gasteiger partial charge on any atom is 0.338 e. The highest BCUT2D eigenvalue weighted by atomic mass is 16.7. The van der Waals surface area contributed by atoms with Crippen LogP contribution in [-0.2, 0) is 38.0 Å². The molecule has 2 saturated heterocycles. The number of carbonyl (C=O) groups excluding carboxylic acids is 3. The van der Waals surface area contributed by atoms with E-state index in [2.05, 4.69) is 20.6 Å². The van der Waals surface area contributed by atoms with Gasteiger partial charge in [-0.3, -0.25) is 9.59 Å². The van der Waals surface area contributed by atoms with Gasteiger partial charge in [0.15, 0.2) is 24.8 Å². The Balaban J connectivity index is 1.41. The summed E-state index contributed by atoms with van der Waals surface area (Å²) in [5.74, 6) is -5.74. The van der Waals surface area contributed by atoms with Gasteiger partial charge in [-0.25, -0.2) is 9.59 Å². The second-order valence-corrected chi connectivity index (χ2v) is 16.8. The SMILES string of the molecule is CC1OC(OC2C(NC(=O)c3cc(O)nc(O)n3)CC(C(=O)NCCN)CC2OC2OC(CO)C(O)C(O[C@@H](CC3CCCCC3)C(=O)O)C2OC(=O)c2ccccc2)C(O)C(O)C1O. The van der Waals surface area contributed by atoms with Crippen molar-refractivity contribution in [3.63, 3.8) is 0 Å². The number of aromatic nitrogens is 2. The number of rotatable bonds is 17. The molecule has 1 aromatic heterocycles. The van der Waals surface area contributed by atoms with Crippen LogP contribution < -0.4 is 16.4 Å². The third kappa shape index (κ3) is 12.4. The van der Waals surface area contributed by atoms with E-state index in [1.54, 1.807) is 18.2 Å². The Hall–Kier alpha value is -4.66. The van der Waals surface area contributed by atoms with Crippen molar-refractivity contribution in [3.05, 3.63) is 47.7 Å². The number of benzene rings is 1. The predicted octanol–water partition coefficient (Wildman–Crippen LogP) is -1.82. The predicted molar refractivity (Wildman–Crippen MR) is 218 cm³/mol. The zero-order valence-corrected chi connectivity index (χ0v) is 35.6. The second kappa shape index (κ2) is 22.7. The molecule has 2 aliphatic carbocycles. The number of aromatic hydroxyl groups is 2. The lowest BCUT2D eigenvalue weighted by molar-refractivity contribution is -0.347. The van der Waals surface area contributed by atoms with E-state index in [1.807, 2.05) is 0 Å². The van der Waals surface area contributed by atoms with Crippen LogP contribution in [0.3, 0.4) is 0 Å². The van der Waals surface area contributed by atoms with Gasteiger partial charge in [0, 0.05) is 25.1 Å². The molecule has 14 unspecified atom stereocenters. The summed E-state index contributed by atoms with van der Waals surface area (Å²) in [4.78, 5) is 61.2. The lowest BCUT2D eigenvalue weighted by atomic mass is 9.80. The third-order valence-electron chi connectivity index (χ3n) is 12.2. The molecule has 2 aromatic rings. The fraction of sp³-hybridized carbons (Fsp3) is 0.667. The van der Waals surface area contributed by atoms with Gasteiger partial charge in [-0.05, 0) is 44.2 Å². The van der Waals surface area contributed by atoms with Crippen molar-refractivity contribution >= 4 is 23.8 Å². The van der Waals surface area contributed by atoms with Crippen LogP contribution in [-0.4, -0.2) is 180 Å². The Bertz CT molecular complexity index is 1890. The molecule has 4 aliphatic rings. The number of aliphatic hydroxyl groups is 5. The summed E-state index contributed by atoms with van der Waals surface area (Å²) >= 11 is 0. The number of carboxylic acids is 1. The Morgan fingerprint density at radius 3 is 2.26 bits per heavy atom. The number of nitrogens with zero attached hydrogens (tertiary/aromatic N) is 2. The van der Waals surface area contributed by atoms with E-state index in [-0.39, 0.29) is 43.8 Å². The van der Waals surface area contributed by atoms with Crippen molar-refractivity contribution in [2.75, 3.05) is 19.7 Å². The highest BCUT2D eigenvalue weighted by Gasteiger charge is 2.54. The Kier molecular flexibility index (Phi) is 17.4. The topological polar surface area (TPSA) is 361 Å². The van der Waals surface area contributed by atoms with E-state index in [4.69, 9.17) is 34.2 Å². The first-order valence-corrected chi connectivity index (χ1v) is 21.7. The molecule has 6 rings (SSSR count). The Morgan fingerprint density at radius 1 is 0.877 bits per heavy atom. The van der Waals surface area contributed by atoms with Gasteiger partial charge in [0.25, 0.3) is 5.91 Å². The van der Waals surface area contributed by atoms with Gasteiger partial charge in [0.1, 0.15) is 48.4 Å². The molecular formula is C42H59N5O18. The number of hydrogen-bond donors (Lipinski definition) is 11. The number of nitrogens with one attached hydrogen (secondary N) is 2. The third-order valence-corrected chi connectivity index (χ3v) is 12.2.